The third-order valence-corrected chi connectivity index (χ3v) is 4.81. The summed E-state index contributed by atoms with van der Waals surface area (Å²) in [5.74, 6) is 0.809. The van der Waals surface area contributed by atoms with Gasteiger partial charge in [-0.25, -0.2) is 9.97 Å². The van der Waals surface area contributed by atoms with Crippen molar-refractivity contribution in [3.8, 4) is 0 Å². The zero-order valence-corrected chi connectivity index (χ0v) is 13.7. The third-order valence-electron chi connectivity index (χ3n) is 4.81. The number of hydrogen-bond donors (Lipinski definition) is 0. The predicted octanol–water partition coefficient (Wildman–Crippen LogP) is 2.79. The van der Waals surface area contributed by atoms with E-state index in [1.807, 2.05) is 17.9 Å². The topological polar surface area (TPSA) is 49.3 Å². The second kappa shape index (κ2) is 6.63. The molecule has 2 aliphatic heterocycles. The molecule has 22 heavy (non-hydrogen) atoms. The van der Waals surface area contributed by atoms with Crippen LogP contribution in [0.5, 0.6) is 0 Å². The Labute approximate surface area is 132 Å². The zero-order chi connectivity index (χ0) is 15.5. The molecule has 3 heterocycles. The standard InChI is InChI=1S/C17H26N4O/c1-3-14-8-4-5-11-21(14)16(22)15-12-13(2)18-17(19-15)20-9-6-7-10-20/h12,14H,3-11H2,1-2H3. The van der Waals surface area contributed by atoms with Gasteiger partial charge in [-0.05, 0) is 51.5 Å². The predicted molar refractivity (Wildman–Crippen MR) is 87.2 cm³/mol. The van der Waals surface area contributed by atoms with E-state index in [1.165, 1.54) is 19.3 Å². The molecule has 0 aliphatic carbocycles. The van der Waals surface area contributed by atoms with Gasteiger partial charge in [0.25, 0.3) is 5.91 Å². The molecule has 5 nitrogen and oxygen atoms in total. The Hall–Kier alpha value is -1.65. The molecule has 1 aromatic heterocycles. The van der Waals surface area contributed by atoms with Gasteiger partial charge in [-0.1, -0.05) is 6.92 Å². The van der Waals surface area contributed by atoms with Gasteiger partial charge in [0.15, 0.2) is 0 Å². The molecule has 1 unspecified atom stereocenters. The summed E-state index contributed by atoms with van der Waals surface area (Å²) in [7, 11) is 0. The average molecular weight is 302 g/mol. The second-order valence-electron chi connectivity index (χ2n) is 6.45. The summed E-state index contributed by atoms with van der Waals surface area (Å²) in [6, 6.07) is 2.20. The summed E-state index contributed by atoms with van der Waals surface area (Å²) in [5, 5.41) is 0. The summed E-state index contributed by atoms with van der Waals surface area (Å²) >= 11 is 0. The number of rotatable bonds is 3. The highest BCUT2D eigenvalue weighted by atomic mass is 16.2. The molecule has 2 fully saturated rings. The first kappa shape index (κ1) is 15.3. The van der Waals surface area contributed by atoms with Crippen molar-refractivity contribution < 1.29 is 4.79 Å². The van der Waals surface area contributed by atoms with Crippen LogP contribution in [0.15, 0.2) is 6.07 Å². The molecule has 0 spiro atoms. The maximum atomic E-state index is 12.9. The highest BCUT2D eigenvalue weighted by Gasteiger charge is 2.28. The molecule has 0 aromatic carbocycles. The normalized spacial score (nSPS) is 22.2. The summed E-state index contributed by atoms with van der Waals surface area (Å²) in [6.45, 7) is 6.97. The number of amides is 1. The number of piperidine rings is 1. The van der Waals surface area contributed by atoms with Gasteiger partial charge >= 0.3 is 0 Å². The van der Waals surface area contributed by atoms with Crippen molar-refractivity contribution in [1.29, 1.82) is 0 Å². The van der Waals surface area contributed by atoms with E-state index in [0.717, 1.165) is 50.5 Å². The van der Waals surface area contributed by atoms with Crippen LogP contribution in [0.4, 0.5) is 5.95 Å². The number of aromatic nitrogens is 2. The van der Waals surface area contributed by atoms with E-state index in [9.17, 15) is 4.79 Å². The lowest BCUT2D eigenvalue weighted by Crippen LogP contribution is -2.43. The Morgan fingerprint density at radius 2 is 1.91 bits per heavy atom. The summed E-state index contributed by atoms with van der Waals surface area (Å²) in [4.78, 5) is 26.2. The number of carbonyl (C=O) groups is 1. The van der Waals surface area contributed by atoms with Crippen molar-refractivity contribution in [3.05, 3.63) is 17.5 Å². The van der Waals surface area contributed by atoms with Crippen LogP contribution in [-0.4, -0.2) is 46.5 Å². The lowest BCUT2D eigenvalue weighted by molar-refractivity contribution is 0.0601. The molecule has 0 saturated carbocycles. The summed E-state index contributed by atoms with van der Waals surface area (Å²) < 4.78 is 0. The minimum Gasteiger partial charge on any atom is -0.341 e. The second-order valence-corrected chi connectivity index (χ2v) is 6.45. The number of anilines is 1. The molecule has 3 rings (SSSR count). The fourth-order valence-corrected chi connectivity index (χ4v) is 3.56. The van der Waals surface area contributed by atoms with Crippen molar-refractivity contribution in [1.82, 2.24) is 14.9 Å². The molecule has 2 saturated heterocycles. The van der Waals surface area contributed by atoms with Crippen molar-refractivity contribution >= 4 is 11.9 Å². The Kier molecular flexibility index (Phi) is 4.60. The Morgan fingerprint density at radius 1 is 1.18 bits per heavy atom. The minimum absolute atomic E-state index is 0.0810. The van der Waals surface area contributed by atoms with Crippen LogP contribution in [0.1, 0.15) is 61.6 Å². The molecule has 1 amide bonds. The van der Waals surface area contributed by atoms with Gasteiger partial charge in [0.1, 0.15) is 5.69 Å². The van der Waals surface area contributed by atoms with Crippen molar-refractivity contribution in [2.45, 2.75) is 58.4 Å². The highest BCUT2D eigenvalue weighted by Crippen LogP contribution is 2.23. The number of hydrogen-bond acceptors (Lipinski definition) is 4. The first-order valence-electron chi connectivity index (χ1n) is 8.60. The van der Waals surface area contributed by atoms with Gasteiger partial charge in [-0.3, -0.25) is 4.79 Å². The lowest BCUT2D eigenvalue weighted by Gasteiger charge is -2.35. The highest BCUT2D eigenvalue weighted by molar-refractivity contribution is 5.93. The maximum Gasteiger partial charge on any atom is 0.272 e. The van der Waals surface area contributed by atoms with Crippen LogP contribution < -0.4 is 4.90 Å². The molecular weight excluding hydrogens is 276 g/mol. The van der Waals surface area contributed by atoms with E-state index in [0.29, 0.717) is 11.7 Å². The molecule has 0 radical (unpaired) electrons. The van der Waals surface area contributed by atoms with E-state index in [4.69, 9.17) is 0 Å². The Morgan fingerprint density at radius 3 is 2.64 bits per heavy atom. The number of carbonyl (C=O) groups excluding carboxylic acids is 1. The van der Waals surface area contributed by atoms with Crippen LogP contribution in [-0.2, 0) is 0 Å². The molecule has 1 aromatic rings. The van der Waals surface area contributed by atoms with Gasteiger partial charge < -0.3 is 9.80 Å². The monoisotopic (exact) mass is 302 g/mol. The number of nitrogens with zero attached hydrogens (tertiary/aromatic N) is 4. The number of aryl methyl sites for hydroxylation is 1. The van der Waals surface area contributed by atoms with Gasteiger partial charge in [-0.15, -0.1) is 0 Å². The van der Waals surface area contributed by atoms with Crippen LogP contribution in [0.2, 0.25) is 0 Å². The Bertz CT molecular complexity index is 539. The lowest BCUT2D eigenvalue weighted by atomic mass is 9.99. The van der Waals surface area contributed by atoms with Crippen LogP contribution in [0.3, 0.4) is 0 Å². The zero-order valence-electron chi connectivity index (χ0n) is 13.7. The fraction of sp³-hybridized carbons (Fsp3) is 0.706. The SMILES string of the molecule is CCC1CCCCN1C(=O)c1cc(C)nc(N2CCCC2)n1. The van der Waals surface area contributed by atoms with E-state index in [1.54, 1.807) is 0 Å². The van der Waals surface area contributed by atoms with Crippen molar-refractivity contribution in [3.63, 3.8) is 0 Å². The molecular formula is C17H26N4O. The van der Waals surface area contributed by atoms with Gasteiger partial charge in [0.05, 0.1) is 0 Å². The van der Waals surface area contributed by atoms with Crippen molar-refractivity contribution in [2.75, 3.05) is 24.5 Å². The van der Waals surface area contributed by atoms with Crippen LogP contribution in [0, 0.1) is 6.92 Å². The van der Waals surface area contributed by atoms with Crippen LogP contribution >= 0.6 is 0 Å². The summed E-state index contributed by atoms with van der Waals surface area (Å²) in [5.41, 5.74) is 1.44. The molecule has 0 N–H and O–H groups in total. The van der Waals surface area contributed by atoms with Crippen molar-refractivity contribution in [2.24, 2.45) is 0 Å². The molecule has 5 heteroatoms. The largest absolute Gasteiger partial charge is 0.341 e. The maximum absolute atomic E-state index is 12.9. The Balaban J connectivity index is 1.85. The van der Waals surface area contributed by atoms with Crippen LogP contribution in [0.25, 0.3) is 0 Å². The smallest absolute Gasteiger partial charge is 0.272 e. The average Bonchev–Trinajstić information content (AvgIpc) is 3.08. The quantitative estimate of drug-likeness (QED) is 0.861. The third kappa shape index (κ3) is 3.08. The minimum atomic E-state index is 0.0810. The first-order valence-corrected chi connectivity index (χ1v) is 8.60. The van der Waals surface area contributed by atoms with E-state index in [-0.39, 0.29) is 5.91 Å². The number of likely N-dealkylation sites (tertiary alicyclic amines) is 1. The van der Waals surface area contributed by atoms with E-state index in [2.05, 4.69) is 21.8 Å². The fourth-order valence-electron chi connectivity index (χ4n) is 3.56. The molecule has 0 bridgehead atoms. The van der Waals surface area contributed by atoms with Gasteiger partial charge in [-0.2, -0.15) is 0 Å². The molecule has 1 atom stereocenters. The molecule has 120 valence electrons. The molecule has 2 aliphatic rings. The van der Waals surface area contributed by atoms with E-state index < -0.39 is 0 Å². The summed E-state index contributed by atoms with van der Waals surface area (Å²) in [6.07, 6.45) is 6.84. The van der Waals surface area contributed by atoms with Gasteiger partial charge in [0, 0.05) is 31.4 Å². The van der Waals surface area contributed by atoms with E-state index >= 15 is 0 Å². The first-order chi connectivity index (χ1) is 10.7. The van der Waals surface area contributed by atoms with Gasteiger partial charge in [0.2, 0.25) is 5.95 Å².